The number of rotatable bonds is 3. The van der Waals surface area contributed by atoms with E-state index in [1.807, 2.05) is 13.0 Å². The molecule has 0 amide bonds. The first-order valence-corrected chi connectivity index (χ1v) is 6.27. The van der Waals surface area contributed by atoms with Crippen LogP contribution in [0.3, 0.4) is 0 Å². The largest absolute Gasteiger partial charge is 0.370 e. The smallest absolute Gasteiger partial charge is 0.125 e. The molecular formula is C15H17FN2. The number of nitrogens with zero attached hydrogens (tertiary/aromatic N) is 1. The maximum atomic E-state index is 13.3. The third-order valence-electron chi connectivity index (χ3n) is 3.28. The summed E-state index contributed by atoms with van der Waals surface area (Å²) < 4.78 is 13.3. The molecule has 1 N–H and O–H groups in total. The minimum Gasteiger partial charge on any atom is -0.370 e. The van der Waals surface area contributed by atoms with Crippen LogP contribution in [0.15, 0.2) is 30.4 Å². The Kier molecular flexibility index (Phi) is 3.99. The molecule has 1 aromatic carbocycles. The van der Waals surface area contributed by atoms with Crippen LogP contribution < -0.4 is 5.32 Å². The highest BCUT2D eigenvalue weighted by atomic mass is 19.1. The van der Waals surface area contributed by atoms with Gasteiger partial charge in [0, 0.05) is 5.69 Å². The first kappa shape index (κ1) is 12.6. The highest BCUT2D eigenvalue weighted by Gasteiger charge is 2.21. The van der Waals surface area contributed by atoms with Crippen molar-refractivity contribution in [1.82, 2.24) is 0 Å². The Morgan fingerprint density at radius 3 is 2.83 bits per heavy atom. The normalized spacial score (nSPS) is 20.2. The van der Waals surface area contributed by atoms with E-state index >= 15 is 0 Å². The predicted octanol–water partition coefficient (Wildman–Crippen LogP) is 3.79. The van der Waals surface area contributed by atoms with Crippen molar-refractivity contribution in [3.63, 3.8) is 0 Å². The number of hydrogen-bond donors (Lipinski definition) is 1. The number of anilines is 1. The monoisotopic (exact) mass is 244 g/mol. The lowest BCUT2D eigenvalue weighted by molar-refractivity contribution is 0.457. The number of allylic oxidation sites excluding steroid dienone is 2. The van der Waals surface area contributed by atoms with E-state index in [2.05, 4.69) is 23.5 Å². The van der Waals surface area contributed by atoms with Crippen molar-refractivity contribution in [1.29, 1.82) is 5.26 Å². The predicted molar refractivity (Wildman–Crippen MR) is 70.6 cm³/mol. The quantitative estimate of drug-likeness (QED) is 0.821. The van der Waals surface area contributed by atoms with Crippen LogP contribution in [0.2, 0.25) is 0 Å². The van der Waals surface area contributed by atoms with Gasteiger partial charge >= 0.3 is 0 Å². The van der Waals surface area contributed by atoms with Crippen LogP contribution in [-0.4, -0.2) is 6.04 Å². The Bertz CT molecular complexity index is 468. The molecule has 2 rings (SSSR count). The molecule has 0 spiro atoms. The Morgan fingerprint density at radius 2 is 2.22 bits per heavy atom. The maximum absolute atomic E-state index is 13.3. The van der Waals surface area contributed by atoms with E-state index in [-0.39, 0.29) is 11.9 Å². The first-order valence-electron chi connectivity index (χ1n) is 6.27. The summed E-state index contributed by atoms with van der Waals surface area (Å²) in [5, 5.41) is 12.4. The van der Waals surface area contributed by atoms with Gasteiger partial charge in [-0.2, -0.15) is 5.26 Å². The van der Waals surface area contributed by atoms with E-state index < -0.39 is 0 Å². The van der Waals surface area contributed by atoms with Gasteiger partial charge in [0.25, 0.3) is 0 Å². The molecule has 2 nitrogen and oxygen atoms in total. The molecule has 0 fully saturated rings. The van der Waals surface area contributed by atoms with Crippen molar-refractivity contribution in [2.24, 2.45) is 5.92 Å². The number of aryl methyl sites for hydroxylation is 1. The van der Waals surface area contributed by atoms with E-state index in [0.717, 1.165) is 24.8 Å². The van der Waals surface area contributed by atoms with Crippen molar-refractivity contribution in [3.05, 3.63) is 41.7 Å². The van der Waals surface area contributed by atoms with Gasteiger partial charge in [-0.1, -0.05) is 12.2 Å². The number of nitrogens with one attached hydrogen (secondary N) is 1. The van der Waals surface area contributed by atoms with Gasteiger partial charge < -0.3 is 5.32 Å². The molecule has 94 valence electrons. The van der Waals surface area contributed by atoms with Crippen LogP contribution in [0.4, 0.5) is 10.1 Å². The highest BCUT2D eigenvalue weighted by Crippen LogP contribution is 2.24. The fourth-order valence-electron chi connectivity index (χ4n) is 2.37. The first-order chi connectivity index (χ1) is 8.69. The molecule has 0 saturated carbocycles. The van der Waals surface area contributed by atoms with Gasteiger partial charge in [-0.25, -0.2) is 4.39 Å². The molecule has 0 radical (unpaired) electrons. The van der Waals surface area contributed by atoms with Crippen LogP contribution in [-0.2, 0) is 0 Å². The summed E-state index contributed by atoms with van der Waals surface area (Å²) in [6, 6.07) is 6.83. The zero-order valence-electron chi connectivity index (χ0n) is 10.5. The fourth-order valence-corrected chi connectivity index (χ4v) is 2.37. The van der Waals surface area contributed by atoms with Crippen LogP contribution in [0.5, 0.6) is 0 Å². The molecule has 0 aromatic heterocycles. The van der Waals surface area contributed by atoms with Gasteiger partial charge in [-0.3, -0.25) is 0 Å². The van der Waals surface area contributed by atoms with Gasteiger partial charge in [0.1, 0.15) is 11.9 Å². The summed E-state index contributed by atoms with van der Waals surface area (Å²) in [5.41, 5.74) is 1.55. The standard InChI is InChI=1S/C15H17FN2/c1-11-7-13(16)9-14(8-11)18-15(10-17)12-5-3-2-4-6-12/h2-3,7-9,12,15,18H,4-6H2,1H3. The average molecular weight is 244 g/mol. The topological polar surface area (TPSA) is 35.8 Å². The third-order valence-corrected chi connectivity index (χ3v) is 3.28. The van der Waals surface area contributed by atoms with Crippen molar-refractivity contribution < 1.29 is 4.39 Å². The molecule has 18 heavy (non-hydrogen) atoms. The lowest BCUT2D eigenvalue weighted by atomic mass is 9.88. The van der Waals surface area contributed by atoms with E-state index in [4.69, 9.17) is 0 Å². The third kappa shape index (κ3) is 3.10. The molecule has 1 aromatic rings. The zero-order valence-corrected chi connectivity index (χ0v) is 10.5. The number of hydrogen-bond acceptors (Lipinski definition) is 2. The summed E-state index contributed by atoms with van der Waals surface area (Å²) in [7, 11) is 0. The molecule has 2 atom stereocenters. The van der Waals surface area contributed by atoms with E-state index in [1.54, 1.807) is 0 Å². The summed E-state index contributed by atoms with van der Waals surface area (Å²) in [6.07, 6.45) is 7.22. The van der Waals surface area contributed by atoms with Crippen LogP contribution in [0.1, 0.15) is 24.8 Å². The molecule has 0 aliphatic heterocycles. The Balaban J connectivity index is 2.10. The molecule has 1 aliphatic rings. The van der Waals surface area contributed by atoms with Crippen LogP contribution in [0.25, 0.3) is 0 Å². The minimum atomic E-state index is -0.266. The molecule has 1 aliphatic carbocycles. The SMILES string of the molecule is Cc1cc(F)cc(NC(C#N)C2CC=CCC2)c1. The number of nitriles is 1. The van der Waals surface area contributed by atoms with Crippen LogP contribution >= 0.6 is 0 Å². The molecular weight excluding hydrogens is 227 g/mol. The average Bonchev–Trinajstić information content (AvgIpc) is 2.36. The molecule has 2 unspecified atom stereocenters. The summed E-state index contributed by atoms with van der Waals surface area (Å²) in [4.78, 5) is 0. The molecule has 0 saturated heterocycles. The van der Waals surface area contributed by atoms with Gasteiger partial charge in [-0.05, 0) is 55.9 Å². The Hall–Kier alpha value is -1.82. The minimum absolute atomic E-state index is 0.254. The van der Waals surface area contributed by atoms with E-state index in [1.165, 1.54) is 12.1 Å². The zero-order chi connectivity index (χ0) is 13.0. The molecule has 0 bridgehead atoms. The van der Waals surface area contributed by atoms with Gasteiger partial charge in [0.05, 0.1) is 6.07 Å². The van der Waals surface area contributed by atoms with E-state index in [9.17, 15) is 9.65 Å². The van der Waals surface area contributed by atoms with Gasteiger partial charge in [0.2, 0.25) is 0 Å². The number of benzene rings is 1. The maximum Gasteiger partial charge on any atom is 0.125 e. The molecule has 0 heterocycles. The van der Waals surface area contributed by atoms with Gasteiger partial charge in [-0.15, -0.1) is 0 Å². The second kappa shape index (κ2) is 5.68. The molecule has 3 heteroatoms. The Labute approximate surface area is 107 Å². The fraction of sp³-hybridized carbons (Fsp3) is 0.400. The highest BCUT2D eigenvalue weighted by molar-refractivity contribution is 5.48. The number of halogens is 1. The van der Waals surface area contributed by atoms with Crippen molar-refractivity contribution in [2.45, 2.75) is 32.2 Å². The van der Waals surface area contributed by atoms with Crippen molar-refractivity contribution >= 4 is 5.69 Å². The summed E-state index contributed by atoms with van der Waals surface area (Å²) in [6.45, 7) is 1.85. The van der Waals surface area contributed by atoms with Crippen molar-refractivity contribution in [3.8, 4) is 6.07 Å². The van der Waals surface area contributed by atoms with Crippen LogP contribution in [0, 0.1) is 30.0 Å². The van der Waals surface area contributed by atoms with E-state index in [0.29, 0.717) is 11.6 Å². The van der Waals surface area contributed by atoms with Crippen molar-refractivity contribution in [2.75, 3.05) is 5.32 Å². The second-order valence-corrected chi connectivity index (χ2v) is 4.81. The summed E-state index contributed by atoms with van der Waals surface area (Å²) >= 11 is 0. The van der Waals surface area contributed by atoms with Gasteiger partial charge in [0.15, 0.2) is 0 Å². The second-order valence-electron chi connectivity index (χ2n) is 4.81. The Morgan fingerprint density at radius 1 is 1.39 bits per heavy atom. The lowest BCUT2D eigenvalue weighted by Gasteiger charge is -2.24. The lowest BCUT2D eigenvalue weighted by Crippen LogP contribution is -2.28. The summed E-state index contributed by atoms with van der Waals surface area (Å²) in [5.74, 6) is 0.0429.